The molecule has 2 aliphatic rings. The maximum Gasteiger partial charge on any atom is 0.255 e. The highest BCUT2D eigenvalue weighted by molar-refractivity contribution is 7.89. The van der Waals surface area contributed by atoms with Crippen molar-refractivity contribution in [1.29, 1.82) is 0 Å². The Labute approximate surface area is 191 Å². The predicted octanol–water partition coefficient (Wildman–Crippen LogP) is 4.67. The molecule has 0 atom stereocenters. The summed E-state index contributed by atoms with van der Waals surface area (Å²) in [4.78, 5) is 15.4. The van der Waals surface area contributed by atoms with Crippen molar-refractivity contribution in [2.45, 2.75) is 56.8 Å². The number of amides is 1. The monoisotopic (exact) mass is 455 g/mol. The quantitative estimate of drug-likeness (QED) is 0.687. The van der Waals surface area contributed by atoms with E-state index in [1.165, 1.54) is 12.0 Å². The molecule has 6 nitrogen and oxygen atoms in total. The number of aryl methyl sites for hydroxylation is 1. The lowest BCUT2D eigenvalue weighted by atomic mass is 10.1. The number of carbonyl (C=O) groups is 1. The molecule has 0 saturated carbocycles. The lowest BCUT2D eigenvalue weighted by Crippen LogP contribution is -2.37. The molecule has 2 heterocycles. The van der Waals surface area contributed by atoms with E-state index >= 15 is 0 Å². The number of benzene rings is 2. The van der Waals surface area contributed by atoms with E-state index in [0.29, 0.717) is 24.3 Å². The second-order valence-corrected chi connectivity index (χ2v) is 10.6. The zero-order valence-corrected chi connectivity index (χ0v) is 19.7. The largest absolute Gasteiger partial charge is 0.370 e. The molecule has 172 valence electrons. The molecule has 0 radical (unpaired) electrons. The van der Waals surface area contributed by atoms with E-state index in [2.05, 4.69) is 17.1 Å². The first-order chi connectivity index (χ1) is 15.5. The number of hydrogen-bond acceptors (Lipinski definition) is 4. The second-order valence-electron chi connectivity index (χ2n) is 8.70. The topological polar surface area (TPSA) is 69.7 Å². The van der Waals surface area contributed by atoms with Crippen LogP contribution in [-0.4, -0.2) is 44.8 Å². The highest BCUT2D eigenvalue weighted by atomic mass is 32.2. The van der Waals surface area contributed by atoms with Crippen LogP contribution >= 0.6 is 0 Å². The Balaban J connectivity index is 1.66. The van der Waals surface area contributed by atoms with E-state index in [1.54, 1.807) is 16.4 Å². The molecular formula is C25H33N3O3S. The number of nitrogens with zero attached hydrogens (tertiary/aromatic N) is 2. The third kappa shape index (κ3) is 4.99. The van der Waals surface area contributed by atoms with Crippen molar-refractivity contribution in [2.75, 3.05) is 36.4 Å². The Hall–Kier alpha value is -2.38. The third-order valence-electron chi connectivity index (χ3n) is 6.47. The molecule has 1 N–H and O–H groups in total. The lowest BCUT2D eigenvalue weighted by molar-refractivity contribution is 0.102. The summed E-state index contributed by atoms with van der Waals surface area (Å²) in [5, 5.41) is 2.91. The highest BCUT2D eigenvalue weighted by Crippen LogP contribution is 2.32. The Kier molecular flexibility index (Phi) is 7.16. The number of sulfonamides is 1. The minimum absolute atomic E-state index is 0.260. The number of carbonyl (C=O) groups excluding carboxylic acids is 1. The number of rotatable bonds is 6. The van der Waals surface area contributed by atoms with E-state index in [0.717, 1.165) is 57.3 Å². The van der Waals surface area contributed by atoms with Gasteiger partial charge in [0.05, 0.1) is 5.69 Å². The van der Waals surface area contributed by atoms with Crippen LogP contribution in [0.5, 0.6) is 0 Å². The van der Waals surface area contributed by atoms with Crippen LogP contribution in [-0.2, 0) is 16.4 Å². The summed E-state index contributed by atoms with van der Waals surface area (Å²) in [6, 6.07) is 12.9. The molecule has 1 amide bonds. The SMILES string of the molecule is CCc1ccc(NC(=O)c2ccc(N3CCCCC3)c(S(=O)(=O)N3CCCCC3)c2)cc1. The van der Waals surface area contributed by atoms with Crippen LogP contribution in [0, 0.1) is 0 Å². The molecule has 0 unspecified atom stereocenters. The van der Waals surface area contributed by atoms with Crippen LogP contribution in [0.4, 0.5) is 11.4 Å². The molecule has 2 aromatic rings. The fraction of sp³-hybridized carbons (Fsp3) is 0.480. The van der Waals surface area contributed by atoms with Crippen LogP contribution in [0.2, 0.25) is 0 Å². The predicted molar refractivity (Wildman–Crippen MR) is 129 cm³/mol. The fourth-order valence-electron chi connectivity index (χ4n) is 4.53. The smallest absolute Gasteiger partial charge is 0.255 e. The van der Waals surface area contributed by atoms with Gasteiger partial charge in [-0.1, -0.05) is 25.5 Å². The maximum absolute atomic E-state index is 13.6. The van der Waals surface area contributed by atoms with Crippen LogP contribution < -0.4 is 10.2 Å². The van der Waals surface area contributed by atoms with Crippen LogP contribution in [0.25, 0.3) is 0 Å². The van der Waals surface area contributed by atoms with Gasteiger partial charge in [-0.25, -0.2) is 8.42 Å². The van der Waals surface area contributed by atoms with Crippen molar-refractivity contribution < 1.29 is 13.2 Å². The Morgan fingerprint density at radius 2 is 1.50 bits per heavy atom. The number of nitrogens with one attached hydrogen (secondary N) is 1. The highest BCUT2D eigenvalue weighted by Gasteiger charge is 2.31. The normalized spacial score (nSPS) is 17.8. The molecule has 0 aliphatic carbocycles. The minimum atomic E-state index is -3.67. The summed E-state index contributed by atoms with van der Waals surface area (Å²) in [7, 11) is -3.67. The summed E-state index contributed by atoms with van der Waals surface area (Å²) in [5.41, 5.74) is 2.98. The van der Waals surface area contributed by atoms with Gasteiger partial charge < -0.3 is 10.2 Å². The molecule has 0 aromatic heterocycles. The molecule has 0 spiro atoms. The molecule has 0 bridgehead atoms. The molecule has 2 aliphatic heterocycles. The first kappa shape index (κ1) is 22.8. The van der Waals surface area contributed by atoms with Crippen LogP contribution in [0.3, 0.4) is 0 Å². The summed E-state index contributed by atoms with van der Waals surface area (Å²) < 4.78 is 28.8. The van der Waals surface area contributed by atoms with Gasteiger partial charge in [0.2, 0.25) is 10.0 Å². The van der Waals surface area contributed by atoms with E-state index in [-0.39, 0.29) is 10.8 Å². The molecule has 2 fully saturated rings. The summed E-state index contributed by atoms with van der Waals surface area (Å²) in [6.45, 7) is 4.86. The zero-order chi connectivity index (χ0) is 22.6. The van der Waals surface area contributed by atoms with Crippen LogP contribution in [0.1, 0.15) is 61.4 Å². The number of anilines is 2. The van der Waals surface area contributed by atoms with Gasteiger partial charge in [-0.2, -0.15) is 4.31 Å². The number of hydrogen-bond donors (Lipinski definition) is 1. The van der Waals surface area contributed by atoms with Gasteiger partial charge in [0.1, 0.15) is 4.90 Å². The Bertz CT molecular complexity index is 1040. The average molecular weight is 456 g/mol. The van der Waals surface area contributed by atoms with Gasteiger partial charge in [0, 0.05) is 37.4 Å². The van der Waals surface area contributed by atoms with Gasteiger partial charge in [-0.3, -0.25) is 4.79 Å². The molecule has 7 heteroatoms. The van der Waals surface area contributed by atoms with Gasteiger partial charge in [0.25, 0.3) is 5.91 Å². The van der Waals surface area contributed by atoms with E-state index < -0.39 is 10.0 Å². The molecule has 4 rings (SSSR count). The molecular weight excluding hydrogens is 422 g/mol. The summed E-state index contributed by atoms with van der Waals surface area (Å²) in [6.07, 6.45) is 7.03. The lowest BCUT2D eigenvalue weighted by Gasteiger charge is -2.33. The molecule has 2 aromatic carbocycles. The van der Waals surface area contributed by atoms with Crippen molar-refractivity contribution in [3.63, 3.8) is 0 Å². The Morgan fingerprint density at radius 3 is 2.12 bits per heavy atom. The van der Waals surface area contributed by atoms with Crippen molar-refractivity contribution in [1.82, 2.24) is 4.31 Å². The molecule has 32 heavy (non-hydrogen) atoms. The fourth-order valence-corrected chi connectivity index (χ4v) is 6.28. The average Bonchev–Trinajstić information content (AvgIpc) is 2.85. The zero-order valence-electron chi connectivity index (χ0n) is 18.8. The van der Waals surface area contributed by atoms with Crippen molar-refractivity contribution >= 4 is 27.3 Å². The van der Waals surface area contributed by atoms with Crippen LogP contribution in [0.15, 0.2) is 47.4 Å². The Morgan fingerprint density at radius 1 is 0.875 bits per heavy atom. The van der Waals surface area contributed by atoms with Crippen molar-refractivity contribution in [3.8, 4) is 0 Å². The maximum atomic E-state index is 13.6. The van der Waals surface area contributed by atoms with Crippen molar-refractivity contribution in [2.24, 2.45) is 0 Å². The third-order valence-corrected chi connectivity index (χ3v) is 8.40. The van der Waals surface area contributed by atoms with Gasteiger partial charge in [-0.05, 0) is 74.4 Å². The minimum Gasteiger partial charge on any atom is -0.370 e. The van der Waals surface area contributed by atoms with Gasteiger partial charge in [0.15, 0.2) is 0 Å². The number of piperidine rings is 2. The first-order valence-electron chi connectivity index (χ1n) is 11.8. The first-order valence-corrected chi connectivity index (χ1v) is 13.2. The van der Waals surface area contributed by atoms with E-state index in [9.17, 15) is 13.2 Å². The van der Waals surface area contributed by atoms with Gasteiger partial charge in [-0.15, -0.1) is 0 Å². The molecule has 2 saturated heterocycles. The summed E-state index contributed by atoms with van der Waals surface area (Å²) >= 11 is 0. The van der Waals surface area contributed by atoms with Gasteiger partial charge >= 0.3 is 0 Å². The standard InChI is InChI=1S/C25H33N3O3S/c1-2-20-9-12-22(13-10-20)26-25(29)21-11-14-23(27-15-5-3-6-16-27)24(19-21)32(30,31)28-17-7-4-8-18-28/h9-14,19H,2-8,15-18H2,1H3,(H,26,29). The van der Waals surface area contributed by atoms with E-state index in [4.69, 9.17) is 0 Å². The second kappa shape index (κ2) is 10.0. The van der Waals surface area contributed by atoms with Crippen molar-refractivity contribution in [3.05, 3.63) is 53.6 Å². The summed E-state index contributed by atoms with van der Waals surface area (Å²) in [5.74, 6) is -0.297. The van der Waals surface area contributed by atoms with E-state index in [1.807, 2.05) is 30.3 Å².